The Bertz CT molecular complexity index is 400. The van der Waals surface area contributed by atoms with Gasteiger partial charge in [-0.25, -0.2) is 4.79 Å². The Hall–Kier alpha value is -1.59. The highest BCUT2D eigenvalue weighted by Crippen LogP contribution is 2.27. The van der Waals surface area contributed by atoms with Crippen molar-refractivity contribution in [1.29, 1.82) is 0 Å². The van der Waals surface area contributed by atoms with E-state index in [4.69, 9.17) is 5.11 Å². The summed E-state index contributed by atoms with van der Waals surface area (Å²) in [6.45, 7) is 5.34. The summed E-state index contributed by atoms with van der Waals surface area (Å²) in [6, 6.07) is -0.446. The molecule has 1 saturated carbocycles. The Morgan fingerprint density at radius 1 is 1.19 bits per heavy atom. The lowest BCUT2D eigenvalue weighted by molar-refractivity contribution is -0.139. The van der Waals surface area contributed by atoms with E-state index in [1.807, 2.05) is 6.92 Å². The molecule has 0 heterocycles. The number of carboxylic acid groups (broad SMARTS) is 1. The average Bonchev–Trinajstić information content (AvgIpc) is 2.77. The predicted molar refractivity (Wildman–Crippen MR) is 78.7 cm³/mol. The minimum absolute atomic E-state index is 0.00449. The predicted octanol–water partition coefficient (Wildman–Crippen LogP) is 2.28. The Labute approximate surface area is 125 Å². The highest BCUT2D eigenvalue weighted by molar-refractivity contribution is 5.94. The van der Waals surface area contributed by atoms with Crippen molar-refractivity contribution in [2.45, 2.75) is 65.3 Å². The standard InChI is InChI=1S/C15H26N2O4/c1-10(11-6-4-5-7-11)16-14(21)17-12(18)8-15(2,3)9-13(19)20/h10-11H,4-9H2,1-3H3,(H,19,20)(H2,16,17,18,21). The third-order valence-corrected chi connectivity index (χ3v) is 3.99. The van der Waals surface area contributed by atoms with E-state index in [0.29, 0.717) is 5.92 Å². The quantitative estimate of drug-likeness (QED) is 0.701. The first kappa shape index (κ1) is 17.5. The lowest BCUT2D eigenvalue weighted by Crippen LogP contribution is -2.46. The highest BCUT2D eigenvalue weighted by Gasteiger charge is 2.27. The molecule has 0 aliphatic heterocycles. The van der Waals surface area contributed by atoms with Crippen molar-refractivity contribution in [2.75, 3.05) is 0 Å². The van der Waals surface area contributed by atoms with Gasteiger partial charge in [0.05, 0.1) is 6.42 Å². The molecule has 3 N–H and O–H groups in total. The zero-order valence-corrected chi connectivity index (χ0v) is 13.1. The van der Waals surface area contributed by atoms with E-state index in [1.54, 1.807) is 13.8 Å². The van der Waals surface area contributed by atoms with Gasteiger partial charge in [-0.15, -0.1) is 0 Å². The molecule has 120 valence electrons. The highest BCUT2D eigenvalue weighted by atomic mass is 16.4. The number of carboxylic acids is 1. The maximum atomic E-state index is 11.8. The maximum Gasteiger partial charge on any atom is 0.321 e. The van der Waals surface area contributed by atoms with Crippen molar-refractivity contribution in [2.24, 2.45) is 11.3 Å². The first-order chi connectivity index (χ1) is 9.69. The lowest BCUT2D eigenvalue weighted by atomic mass is 9.85. The monoisotopic (exact) mass is 298 g/mol. The van der Waals surface area contributed by atoms with Gasteiger partial charge >= 0.3 is 12.0 Å². The number of hydrogen-bond acceptors (Lipinski definition) is 3. The number of aliphatic carboxylic acids is 1. The molecule has 0 saturated heterocycles. The van der Waals surface area contributed by atoms with Crippen LogP contribution in [0.1, 0.15) is 59.3 Å². The first-order valence-corrected chi connectivity index (χ1v) is 7.52. The number of hydrogen-bond donors (Lipinski definition) is 3. The fourth-order valence-corrected chi connectivity index (χ4v) is 2.90. The SMILES string of the molecule is CC(NC(=O)NC(=O)CC(C)(C)CC(=O)O)C1CCCC1. The molecule has 1 rings (SSSR count). The zero-order valence-electron chi connectivity index (χ0n) is 13.1. The Balaban J connectivity index is 2.36. The second-order valence-corrected chi connectivity index (χ2v) is 6.77. The molecular weight excluding hydrogens is 272 g/mol. The summed E-state index contributed by atoms with van der Waals surface area (Å²) in [4.78, 5) is 34.3. The van der Waals surface area contributed by atoms with E-state index >= 15 is 0 Å². The Morgan fingerprint density at radius 3 is 2.29 bits per heavy atom. The summed E-state index contributed by atoms with van der Waals surface area (Å²) in [5.41, 5.74) is -0.673. The molecule has 0 spiro atoms. The molecule has 0 aromatic heterocycles. The van der Waals surface area contributed by atoms with Crippen molar-refractivity contribution >= 4 is 17.9 Å². The van der Waals surface area contributed by atoms with Crippen LogP contribution < -0.4 is 10.6 Å². The third-order valence-electron chi connectivity index (χ3n) is 3.99. The maximum absolute atomic E-state index is 11.8. The van der Waals surface area contributed by atoms with Crippen LogP contribution in [-0.2, 0) is 9.59 Å². The van der Waals surface area contributed by atoms with E-state index in [0.717, 1.165) is 12.8 Å². The van der Waals surface area contributed by atoms with Crippen LogP contribution in [-0.4, -0.2) is 29.1 Å². The molecular formula is C15H26N2O4. The van der Waals surface area contributed by atoms with E-state index < -0.39 is 23.3 Å². The minimum atomic E-state index is -0.952. The first-order valence-electron chi connectivity index (χ1n) is 7.52. The van der Waals surface area contributed by atoms with Gasteiger partial charge < -0.3 is 10.4 Å². The number of rotatable bonds is 6. The summed E-state index contributed by atoms with van der Waals surface area (Å²) in [5.74, 6) is -0.918. The van der Waals surface area contributed by atoms with Gasteiger partial charge in [-0.2, -0.15) is 0 Å². The fraction of sp³-hybridized carbons (Fsp3) is 0.800. The number of urea groups is 1. The van der Waals surface area contributed by atoms with Crippen molar-refractivity contribution in [1.82, 2.24) is 10.6 Å². The van der Waals surface area contributed by atoms with Gasteiger partial charge in [0.1, 0.15) is 0 Å². The van der Waals surface area contributed by atoms with Crippen LogP contribution >= 0.6 is 0 Å². The van der Waals surface area contributed by atoms with Crippen LogP contribution in [0.4, 0.5) is 4.79 Å². The van der Waals surface area contributed by atoms with Crippen molar-refractivity contribution in [3.63, 3.8) is 0 Å². The smallest absolute Gasteiger partial charge is 0.321 e. The minimum Gasteiger partial charge on any atom is -0.481 e. The summed E-state index contributed by atoms with van der Waals surface area (Å²) < 4.78 is 0. The average molecular weight is 298 g/mol. The van der Waals surface area contributed by atoms with E-state index in [1.165, 1.54) is 12.8 Å². The number of nitrogens with one attached hydrogen (secondary N) is 2. The molecule has 21 heavy (non-hydrogen) atoms. The van der Waals surface area contributed by atoms with E-state index in [-0.39, 0.29) is 18.9 Å². The molecule has 0 aromatic rings. The van der Waals surface area contributed by atoms with Crippen LogP contribution in [0.2, 0.25) is 0 Å². The topological polar surface area (TPSA) is 95.5 Å². The molecule has 1 aliphatic carbocycles. The van der Waals surface area contributed by atoms with Crippen molar-refractivity contribution in [3.8, 4) is 0 Å². The zero-order chi connectivity index (χ0) is 16.0. The molecule has 1 atom stereocenters. The summed E-state index contributed by atoms with van der Waals surface area (Å²) >= 11 is 0. The summed E-state index contributed by atoms with van der Waals surface area (Å²) in [6.07, 6.45) is 4.51. The normalized spacial score (nSPS) is 17.3. The van der Waals surface area contributed by atoms with E-state index in [2.05, 4.69) is 10.6 Å². The lowest BCUT2D eigenvalue weighted by Gasteiger charge is -2.23. The summed E-state index contributed by atoms with van der Waals surface area (Å²) in [5, 5.41) is 13.8. The van der Waals surface area contributed by atoms with Crippen LogP contribution in [0.25, 0.3) is 0 Å². The number of imide groups is 1. The van der Waals surface area contributed by atoms with Crippen molar-refractivity contribution in [3.05, 3.63) is 0 Å². The molecule has 1 fully saturated rings. The van der Waals surface area contributed by atoms with Gasteiger partial charge in [-0.05, 0) is 31.1 Å². The molecule has 6 heteroatoms. The molecule has 3 amide bonds. The van der Waals surface area contributed by atoms with Gasteiger partial charge in [0.25, 0.3) is 0 Å². The van der Waals surface area contributed by atoms with Gasteiger partial charge in [-0.3, -0.25) is 14.9 Å². The molecule has 6 nitrogen and oxygen atoms in total. The molecule has 1 unspecified atom stereocenters. The molecule has 1 aliphatic rings. The van der Waals surface area contributed by atoms with E-state index in [9.17, 15) is 14.4 Å². The Kier molecular flexibility index (Phi) is 6.18. The van der Waals surface area contributed by atoms with Crippen molar-refractivity contribution < 1.29 is 19.5 Å². The van der Waals surface area contributed by atoms with Gasteiger partial charge in [0.15, 0.2) is 0 Å². The second kappa shape index (κ2) is 7.43. The third kappa shape index (κ3) is 6.60. The fourth-order valence-electron chi connectivity index (χ4n) is 2.90. The van der Waals surface area contributed by atoms with Crippen LogP contribution in [0, 0.1) is 11.3 Å². The summed E-state index contributed by atoms with van der Waals surface area (Å²) in [7, 11) is 0. The number of carbonyl (C=O) groups excluding carboxylic acids is 2. The largest absolute Gasteiger partial charge is 0.481 e. The second-order valence-electron chi connectivity index (χ2n) is 6.77. The number of carbonyl (C=O) groups is 3. The van der Waals surface area contributed by atoms with Crippen LogP contribution in [0.5, 0.6) is 0 Å². The van der Waals surface area contributed by atoms with Crippen LogP contribution in [0.15, 0.2) is 0 Å². The molecule has 0 aromatic carbocycles. The molecule has 0 radical (unpaired) electrons. The Morgan fingerprint density at radius 2 is 1.76 bits per heavy atom. The number of amides is 3. The molecule has 0 bridgehead atoms. The van der Waals surface area contributed by atoms with Gasteiger partial charge in [0.2, 0.25) is 5.91 Å². The van der Waals surface area contributed by atoms with Crippen LogP contribution in [0.3, 0.4) is 0 Å². The van der Waals surface area contributed by atoms with Gasteiger partial charge in [0, 0.05) is 12.5 Å². The van der Waals surface area contributed by atoms with Gasteiger partial charge in [-0.1, -0.05) is 26.7 Å².